The normalized spacial score (nSPS) is 10.9. The van der Waals surface area contributed by atoms with Crippen LogP contribution in [0.1, 0.15) is 10.6 Å². The molecule has 6 nitrogen and oxygen atoms in total. The quantitative estimate of drug-likeness (QED) is 0.229. The third kappa shape index (κ3) is 4.98. The molecule has 160 valence electrons. The zero-order chi connectivity index (χ0) is 22.5. The number of nitrogens with zero attached hydrogens (tertiary/aromatic N) is 2. The topological polar surface area (TPSA) is 74.5 Å². The molecule has 4 rings (SSSR count). The molecule has 4 aromatic rings. The first-order valence-corrected chi connectivity index (χ1v) is 10.4. The summed E-state index contributed by atoms with van der Waals surface area (Å²) in [5.41, 5.74) is 2.05. The average Bonchev–Trinajstić information content (AvgIpc) is 3.28. The minimum absolute atomic E-state index is 0.144. The third-order valence-electron chi connectivity index (χ3n) is 4.55. The summed E-state index contributed by atoms with van der Waals surface area (Å²) in [5.74, 6) is 0.973. The lowest BCUT2D eigenvalue weighted by atomic mass is 10.1. The lowest BCUT2D eigenvalue weighted by Gasteiger charge is -2.07. The van der Waals surface area contributed by atoms with Gasteiger partial charge in [-0.2, -0.15) is 0 Å². The van der Waals surface area contributed by atoms with Crippen LogP contribution in [0.4, 0.5) is 10.1 Å². The summed E-state index contributed by atoms with van der Waals surface area (Å²) in [5, 5.41) is 14.2. The zero-order valence-corrected chi connectivity index (χ0v) is 17.7. The molecule has 0 saturated heterocycles. The van der Waals surface area contributed by atoms with Crippen molar-refractivity contribution in [2.24, 2.45) is 0 Å². The Morgan fingerprint density at radius 2 is 1.72 bits per heavy atom. The van der Waals surface area contributed by atoms with Gasteiger partial charge in [0.25, 0.3) is 0 Å². The number of ether oxygens (including phenoxy) is 2. The van der Waals surface area contributed by atoms with E-state index in [4.69, 9.17) is 9.47 Å². The predicted molar refractivity (Wildman–Crippen MR) is 123 cm³/mol. The minimum Gasteiger partial charge on any atom is -0.497 e. The van der Waals surface area contributed by atoms with Gasteiger partial charge in [0.1, 0.15) is 22.3 Å². The number of nitro groups is 1. The van der Waals surface area contributed by atoms with E-state index in [1.54, 1.807) is 67.8 Å². The number of halogens is 1. The molecule has 0 unspecified atom stereocenters. The summed E-state index contributed by atoms with van der Waals surface area (Å²) < 4.78 is 23.9. The monoisotopic (exact) mass is 448 g/mol. The molecule has 0 atom stereocenters. The molecule has 0 saturated carbocycles. The van der Waals surface area contributed by atoms with Crippen LogP contribution in [0.25, 0.3) is 23.4 Å². The van der Waals surface area contributed by atoms with Crippen molar-refractivity contribution < 1.29 is 18.8 Å². The van der Waals surface area contributed by atoms with Crippen LogP contribution >= 0.6 is 11.3 Å². The summed E-state index contributed by atoms with van der Waals surface area (Å²) >= 11 is 1.43. The van der Waals surface area contributed by atoms with Crippen LogP contribution in [0.5, 0.6) is 17.2 Å². The molecule has 3 aromatic carbocycles. The lowest BCUT2D eigenvalue weighted by molar-refractivity contribution is -0.385. The van der Waals surface area contributed by atoms with Gasteiger partial charge >= 0.3 is 5.69 Å². The minimum atomic E-state index is -0.480. The molecule has 0 aliphatic rings. The van der Waals surface area contributed by atoms with E-state index in [-0.39, 0.29) is 17.3 Å². The number of benzene rings is 3. The number of thiazole rings is 1. The second-order valence-electron chi connectivity index (χ2n) is 6.67. The van der Waals surface area contributed by atoms with Crippen molar-refractivity contribution in [2.75, 3.05) is 7.11 Å². The molecule has 1 aromatic heterocycles. The maximum Gasteiger partial charge on any atom is 0.312 e. The van der Waals surface area contributed by atoms with Crippen LogP contribution in [0.15, 0.2) is 72.1 Å². The molecule has 1 heterocycles. The smallest absolute Gasteiger partial charge is 0.312 e. The highest BCUT2D eigenvalue weighted by molar-refractivity contribution is 7.10. The maximum absolute atomic E-state index is 13.1. The molecule has 8 heteroatoms. The van der Waals surface area contributed by atoms with Gasteiger partial charge in [-0.05, 0) is 66.2 Å². The molecule has 0 amide bonds. The fourth-order valence-electron chi connectivity index (χ4n) is 2.92. The zero-order valence-electron chi connectivity index (χ0n) is 16.9. The van der Waals surface area contributed by atoms with E-state index in [1.165, 1.54) is 29.5 Å². The van der Waals surface area contributed by atoms with Crippen molar-refractivity contribution >= 4 is 29.2 Å². The van der Waals surface area contributed by atoms with E-state index in [2.05, 4.69) is 4.98 Å². The second kappa shape index (κ2) is 9.40. The summed E-state index contributed by atoms with van der Waals surface area (Å²) in [6, 6.07) is 17.6. The summed E-state index contributed by atoms with van der Waals surface area (Å²) in [7, 11) is 1.56. The summed E-state index contributed by atoms with van der Waals surface area (Å²) in [4.78, 5) is 15.6. The Labute approximate surface area is 187 Å². The fourth-order valence-corrected chi connectivity index (χ4v) is 3.64. The molecule has 0 fully saturated rings. The first-order valence-electron chi connectivity index (χ1n) is 9.52. The van der Waals surface area contributed by atoms with Gasteiger partial charge in [0.2, 0.25) is 5.75 Å². The van der Waals surface area contributed by atoms with Crippen LogP contribution in [0.2, 0.25) is 0 Å². The first kappa shape index (κ1) is 21.2. The molecule has 0 N–H and O–H groups in total. The molecule has 0 radical (unpaired) electrons. The van der Waals surface area contributed by atoms with Crippen molar-refractivity contribution in [3.8, 4) is 28.5 Å². The summed E-state index contributed by atoms with van der Waals surface area (Å²) in [6.07, 6.45) is 3.53. The van der Waals surface area contributed by atoms with Gasteiger partial charge in [-0.3, -0.25) is 10.1 Å². The SMILES string of the molecule is COc1ccc(Oc2ccc(/C=C/c3nc(-c4ccc(F)cc4)cs3)cc2[N+](=O)[O-])cc1. The highest BCUT2D eigenvalue weighted by atomic mass is 32.1. The van der Waals surface area contributed by atoms with Crippen molar-refractivity contribution in [3.63, 3.8) is 0 Å². The summed E-state index contributed by atoms with van der Waals surface area (Å²) in [6.45, 7) is 0. The van der Waals surface area contributed by atoms with E-state index in [0.717, 1.165) is 16.3 Å². The molecule has 32 heavy (non-hydrogen) atoms. The predicted octanol–water partition coefficient (Wildman–Crippen LogP) is 6.83. The number of hydrogen-bond donors (Lipinski definition) is 0. The van der Waals surface area contributed by atoms with Gasteiger partial charge in [0.15, 0.2) is 0 Å². The molecule has 0 bridgehead atoms. The lowest BCUT2D eigenvalue weighted by Crippen LogP contribution is -1.94. The third-order valence-corrected chi connectivity index (χ3v) is 5.36. The van der Waals surface area contributed by atoms with Crippen LogP contribution in [0.3, 0.4) is 0 Å². The largest absolute Gasteiger partial charge is 0.497 e. The van der Waals surface area contributed by atoms with Crippen molar-refractivity contribution in [1.29, 1.82) is 0 Å². The number of hydrogen-bond acceptors (Lipinski definition) is 6. The Balaban J connectivity index is 1.52. The van der Waals surface area contributed by atoms with Crippen molar-refractivity contribution in [3.05, 3.63) is 98.6 Å². The first-order chi connectivity index (χ1) is 15.5. The van der Waals surface area contributed by atoms with Gasteiger partial charge in [-0.1, -0.05) is 12.1 Å². The number of methoxy groups -OCH3 is 1. The van der Waals surface area contributed by atoms with E-state index in [0.29, 0.717) is 17.1 Å². The van der Waals surface area contributed by atoms with Gasteiger partial charge in [0, 0.05) is 17.0 Å². The maximum atomic E-state index is 13.1. The average molecular weight is 448 g/mol. The Bertz CT molecular complexity index is 1270. The van der Waals surface area contributed by atoms with Crippen LogP contribution < -0.4 is 9.47 Å². The van der Waals surface area contributed by atoms with Gasteiger partial charge < -0.3 is 9.47 Å². The number of aromatic nitrogens is 1. The van der Waals surface area contributed by atoms with Crippen molar-refractivity contribution in [1.82, 2.24) is 4.98 Å². The van der Waals surface area contributed by atoms with Gasteiger partial charge in [0.05, 0.1) is 17.7 Å². The van der Waals surface area contributed by atoms with E-state index < -0.39 is 4.92 Å². The highest BCUT2D eigenvalue weighted by Gasteiger charge is 2.16. The second-order valence-corrected chi connectivity index (χ2v) is 7.56. The van der Waals surface area contributed by atoms with E-state index in [1.807, 2.05) is 5.38 Å². The number of rotatable bonds is 7. The van der Waals surface area contributed by atoms with Crippen LogP contribution in [-0.2, 0) is 0 Å². The fraction of sp³-hybridized carbons (Fsp3) is 0.0417. The Morgan fingerprint density at radius 3 is 2.41 bits per heavy atom. The standard InChI is InChI=1S/C24H17FN2O4S/c1-30-19-8-10-20(11-9-19)31-23-12-2-16(14-22(23)27(28)29)3-13-24-26-21(15-32-24)17-4-6-18(25)7-5-17/h2-15H,1H3/b13-3+. The van der Waals surface area contributed by atoms with Gasteiger partial charge in [-0.25, -0.2) is 9.37 Å². The molecular formula is C24H17FN2O4S. The van der Waals surface area contributed by atoms with Crippen LogP contribution in [-0.4, -0.2) is 17.0 Å². The Hall–Kier alpha value is -4.04. The highest BCUT2D eigenvalue weighted by Crippen LogP contribution is 2.33. The van der Waals surface area contributed by atoms with E-state index in [9.17, 15) is 14.5 Å². The van der Waals surface area contributed by atoms with E-state index >= 15 is 0 Å². The molecule has 0 spiro atoms. The Kier molecular flexibility index (Phi) is 6.23. The van der Waals surface area contributed by atoms with Crippen LogP contribution in [0, 0.1) is 15.9 Å². The van der Waals surface area contributed by atoms with Gasteiger partial charge in [-0.15, -0.1) is 11.3 Å². The van der Waals surface area contributed by atoms with Crippen molar-refractivity contribution in [2.45, 2.75) is 0 Å². The Morgan fingerprint density at radius 1 is 1.00 bits per heavy atom. The molecule has 0 aliphatic heterocycles. The molecule has 0 aliphatic carbocycles. The number of nitro benzene ring substituents is 1. The molecular weight excluding hydrogens is 431 g/mol.